The van der Waals surface area contributed by atoms with Gasteiger partial charge in [0.05, 0.1) is 5.88 Å². The Kier molecular flexibility index (Phi) is 4.44. The molecule has 1 heterocycles. The number of urea groups is 1. The highest BCUT2D eigenvalue weighted by molar-refractivity contribution is 7.99. The molecule has 1 aromatic rings. The molecule has 0 aliphatic carbocycles. The number of carbonyl (C=O) groups is 2. The van der Waals surface area contributed by atoms with Gasteiger partial charge < -0.3 is 15.3 Å². The van der Waals surface area contributed by atoms with Gasteiger partial charge in [-0.15, -0.1) is 11.8 Å². The van der Waals surface area contributed by atoms with Crippen molar-refractivity contribution in [2.75, 3.05) is 16.9 Å². The number of hydrogen-bond acceptors (Lipinski definition) is 3. The van der Waals surface area contributed by atoms with Crippen LogP contribution in [0.5, 0.6) is 0 Å². The van der Waals surface area contributed by atoms with Gasteiger partial charge in [0.2, 0.25) is 0 Å². The van der Waals surface area contributed by atoms with Crippen molar-refractivity contribution in [3.63, 3.8) is 0 Å². The third-order valence-electron chi connectivity index (χ3n) is 2.54. The molecule has 0 spiro atoms. The molecule has 0 bridgehead atoms. The number of thioether (sulfide) groups is 1. The third-order valence-corrected chi connectivity index (χ3v) is 3.99. The van der Waals surface area contributed by atoms with Crippen LogP contribution in [0.3, 0.4) is 0 Å². The molecule has 2 rings (SSSR count). The van der Waals surface area contributed by atoms with E-state index in [0.29, 0.717) is 27.4 Å². The zero-order valence-corrected chi connectivity index (χ0v) is 11.9. The molecule has 5 nitrogen and oxygen atoms in total. The standard InChI is InChI=1S/C11H10Cl2N2O3S/c12-6-1-7(13)3-8(2-6)14-11(18)15-5-19-4-9(15)10(16)17/h1-3,9H,4-5H2,(H,14,18)(H,16,17)/t9-/m0/s1. The van der Waals surface area contributed by atoms with E-state index in [1.54, 1.807) is 18.2 Å². The first kappa shape index (κ1) is 14.3. The fourth-order valence-corrected chi connectivity index (χ4v) is 3.34. The van der Waals surface area contributed by atoms with Crippen LogP contribution in [0.4, 0.5) is 10.5 Å². The summed E-state index contributed by atoms with van der Waals surface area (Å²) in [5.41, 5.74) is 0.434. The van der Waals surface area contributed by atoms with Crippen molar-refractivity contribution < 1.29 is 14.7 Å². The van der Waals surface area contributed by atoms with Crippen LogP contribution >= 0.6 is 35.0 Å². The van der Waals surface area contributed by atoms with E-state index in [1.807, 2.05) is 0 Å². The van der Waals surface area contributed by atoms with Gasteiger partial charge in [0.25, 0.3) is 0 Å². The van der Waals surface area contributed by atoms with Crippen molar-refractivity contribution in [1.82, 2.24) is 4.90 Å². The van der Waals surface area contributed by atoms with Crippen LogP contribution in [0, 0.1) is 0 Å². The van der Waals surface area contributed by atoms with Crippen LogP contribution in [0.15, 0.2) is 18.2 Å². The molecule has 0 aromatic heterocycles. The Balaban J connectivity index is 2.10. The Labute approximate surface area is 123 Å². The van der Waals surface area contributed by atoms with E-state index < -0.39 is 18.0 Å². The molecule has 1 aromatic carbocycles. The van der Waals surface area contributed by atoms with Crippen molar-refractivity contribution in [3.8, 4) is 0 Å². The highest BCUT2D eigenvalue weighted by Crippen LogP contribution is 2.25. The van der Waals surface area contributed by atoms with Crippen LogP contribution in [0.25, 0.3) is 0 Å². The fourth-order valence-electron chi connectivity index (χ4n) is 1.67. The Morgan fingerprint density at radius 3 is 2.53 bits per heavy atom. The maximum atomic E-state index is 12.0. The normalized spacial score (nSPS) is 18.4. The van der Waals surface area contributed by atoms with E-state index in [0.717, 1.165) is 0 Å². The highest BCUT2D eigenvalue weighted by Gasteiger charge is 2.34. The second-order valence-corrected chi connectivity index (χ2v) is 5.78. The van der Waals surface area contributed by atoms with Crippen molar-refractivity contribution >= 4 is 52.7 Å². The summed E-state index contributed by atoms with van der Waals surface area (Å²) in [6.07, 6.45) is 0. The lowest BCUT2D eigenvalue weighted by Gasteiger charge is -2.21. The molecule has 2 N–H and O–H groups in total. The van der Waals surface area contributed by atoms with Crippen molar-refractivity contribution in [3.05, 3.63) is 28.2 Å². The quantitative estimate of drug-likeness (QED) is 0.878. The van der Waals surface area contributed by atoms with Gasteiger partial charge in [0.15, 0.2) is 0 Å². The van der Waals surface area contributed by atoms with Gasteiger partial charge in [-0.1, -0.05) is 23.2 Å². The van der Waals surface area contributed by atoms with Gasteiger partial charge in [0, 0.05) is 21.5 Å². The van der Waals surface area contributed by atoms with Gasteiger partial charge in [-0.2, -0.15) is 0 Å². The summed E-state index contributed by atoms with van der Waals surface area (Å²) < 4.78 is 0. The number of carboxylic acid groups (broad SMARTS) is 1. The first-order valence-electron chi connectivity index (χ1n) is 5.31. The minimum Gasteiger partial charge on any atom is -0.480 e. The number of anilines is 1. The summed E-state index contributed by atoms with van der Waals surface area (Å²) in [6.45, 7) is 0. The summed E-state index contributed by atoms with van der Waals surface area (Å²) in [5, 5.41) is 12.4. The average Bonchev–Trinajstić information content (AvgIpc) is 2.75. The number of rotatable bonds is 2. The number of aliphatic carboxylic acids is 1. The zero-order chi connectivity index (χ0) is 14.0. The van der Waals surface area contributed by atoms with E-state index in [9.17, 15) is 9.59 Å². The Bertz CT molecular complexity index is 506. The molecule has 1 fully saturated rings. The molecule has 19 heavy (non-hydrogen) atoms. The Morgan fingerprint density at radius 2 is 1.95 bits per heavy atom. The van der Waals surface area contributed by atoms with Gasteiger partial charge in [-0.25, -0.2) is 9.59 Å². The van der Waals surface area contributed by atoms with E-state index in [1.165, 1.54) is 16.7 Å². The Morgan fingerprint density at radius 1 is 1.32 bits per heavy atom. The van der Waals surface area contributed by atoms with Crippen molar-refractivity contribution in [1.29, 1.82) is 0 Å². The summed E-state index contributed by atoms with van der Waals surface area (Å²) in [4.78, 5) is 24.3. The topological polar surface area (TPSA) is 69.6 Å². The van der Waals surface area contributed by atoms with Gasteiger partial charge in [-0.3, -0.25) is 0 Å². The van der Waals surface area contributed by atoms with Crippen LogP contribution < -0.4 is 5.32 Å². The smallest absolute Gasteiger partial charge is 0.327 e. The summed E-state index contributed by atoms with van der Waals surface area (Å²) >= 11 is 13.0. The minimum absolute atomic E-state index is 0.344. The second-order valence-electron chi connectivity index (χ2n) is 3.91. The lowest BCUT2D eigenvalue weighted by atomic mass is 10.3. The SMILES string of the molecule is O=C(O)[C@@H]1CSCN1C(=O)Nc1cc(Cl)cc(Cl)c1. The summed E-state index contributed by atoms with van der Waals surface area (Å²) in [5.74, 6) is -0.278. The number of halogens is 2. The largest absolute Gasteiger partial charge is 0.480 e. The molecular formula is C11H10Cl2N2O3S. The number of carbonyl (C=O) groups excluding carboxylic acids is 1. The summed E-state index contributed by atoms with van der Waals surface area (Å²) in [6, 6.07) is 3.36. The second kappa shape index (κ2) is 5.90. The molecule has 0 unspecified atom stereocenters. The van der Waals surface area contributed by atoms with E-state index in [2.05, 4.69) is 5.32 Å². The first-order valence-corrected chi connectivity index (χ1v) is 7.22. The minimum atomic E-state index is -1.01. The van der Waals surface area contributed by atoms with Gasteiger partial charge in [0.1, 0.15) is 6.04 Å². The maximum absolute atomic E-state index is 12.0. The highest BCUT2D eigenvalue weighted by atomic mass is 35.5. The molecule has 1 saturated heterocycles. The summed E-state index contributed by atoms with van der Waals surface area (Å²) in [7, 11) is 0. The first-order chi connectivity index (χ1) is 8.97. The predicted molar refractivity (Wildman–Crippen MR) is 76.1 cm³/mol. The number of hydrogen-bond donors (Lipinski definition) is 2. The third kappa shape index (κ3) is 3.46. The van der Waals surface area contributed by atoms with E-state index in [-0.39, 0.29) is 0 Å². The fraction of sp³-hybridized carbons (Fsp3) is 0.273. The number of benzene rings is 1. The van der Waals surface area contributed by atoms with Crippen LogP contribution in [0.2, 0.25) is 10.0 Å². The van der Waals surface area contributed by atoms with Crippen LogP contribution in [0.1, 0.15) is 0 Å². The molecule has 1 aliphatic rings. The molecule has 1 atom stereocenters. The number of nitrogens with zero attached hydrogens (tertiary/aromatic N) is 1. The van der Waals surface area contributed by atoms with Crippen molar-refractivity contribution in [2.45, 2.75) is 6.04 Å². The zero-order valence-electron chi connectivity index (χ0n) is 9.60. The number of carboxylic acids is 1. The van der Waals surface area contributed by atoms with Gasteiger partial charge in [-0.05, 0) is 18.2 Å². The maximum Gasteiger partial charge on any atom is 0.327 e. The van der Waals surface area contributed by atoms with Crippen molar-refractivity contribution in [2.24, 2.45) is 0 Å². The lowest BCUT2D eigenvalue weighted by Crippen LogP contribution is -2.43. The average molecular weight is 321 g/mol. The van der Waals surface area contributed by atoms with Gasteiger partial charge >= 0.3 is 12.0 Å². The molecule has 8 heteroatoms. The molecule has 0 saturated carbocycles. The number of amides is 2. The molecule has 1 aliphatic heterocycles. The Hall–Kier alpha value is -1.11. The van der Waals surface area contributed by atoms with E-state index >= 15 is 0 Å². The predicted octanol–water partition coefficient (Wildman–Crippen LogP) is 2.98. The monoisotopic (exact) mass is 320 g/mol. The molecule has 102 valence electrons. The molecular weight excluding hydrogens is 311 g/mol. The lowest BCUT2D eigenvalue weighted by molar-refractivity contribution is -0.140. The molecule has 2 amide bonds. The molecule has 0 radical (unpaired) electrons. The van der Waals surface area contributed by atoms with E-state index in [4.69, 9.17) is 28.3 Å². The van der Waals surface area contributed by atoms with Crippen LogP contribution in [-0.4, -0.2) is 39.7 Å². The van der Waals surface area contributed by atoms with Crippen LogP contribution in [-0.2, 0) is 4.79 Å². The number of nitrogens with one attached hydrogen (secondary N) is 1.